The van der Waals surface area contributed by atoms with Crippen molar-refractivity contribution >= 4 is 17.3 Å². The topological polar surface area (TPSA) is 54.5 Å². The molecule has 0 bridgehead atoms. The largest absolute Gasteiger partial charge is 0.479 e. The van der Waals surface area contributed by atoms with Gasteiger partial charge in [-0.05, 0) is 19.9 Å². The molecule has 0 aliphatic heterocycles. The van der Waals surface area contributed by atoms with E-state index in [2.05, 4.69) is 10.3 Å². The number of anilines is 2. The molecule has 0 aromatic carbocycles. The van der Waals surface area contributed by atoms with Crippen LogP contribution in [0.5, 0.6) is 5.88 Å². The number of ether oxygens (including phenoxy) is 1. The highest BCUT2D eigenvalue weighted by atomic mass is 16.5. The summed E-state index contributed by atoms with van der Waals surface area (Å²) in [5.74, 6) is 0.209. The zero-order chi connectivity index (χ0) is 13.7. The van der Waals surface area contributed by atoms with Crippen molar-refractivity contribution in [1.29, 1.82) is 0 Å². The van der Waals surface area contributed by atoms with E-state index in [9.17, 15) is 4.79 Å². The second-order valence-corrected chi connectivity index (χ2v) is 4.32. The van der Waals surface area contributed by atoms with E-state index in [1.54, 1.807) is 6.20 Å². The fourth-order valence-electron chi connectivity index (χ4n) is 1.50. The molecule has 1 heterocycles. The van der Waals surface area contributed by atoms with Crippen LogP contribution >= 0.6 is 0 Å². The van der Waals surface area contributed by atoms with Gasteiger partial charge in [-0.25, -0.2) is 4.98 Å². The van der Waals surface area contributed by atoms with Crippen LogP contribution in [0.25, 0.3) is 0 Å². The predicted molar refractivity (Wildman–Crippen MR) is 73.2 cm³/mol. The average molecular weight is 249 g/mol. The fourth-order valence-corrected chi connectivity index (χ4v) is 1.50. The van der Waals surface area contributed by atoms with Gasteiger partial charge in [0.1, 0.15) is 5.69 Å². The van der Waals surface area contributed by atoms with E-state index < -0.39 is 0 Å². The number of carbonyl (C=O) groups excluding carboxylic acids is 1. The molecule has 0 saturated heterocycles. The summed E-state index contributed by atoms with van der Waals surface area (Å²) in [7, 11) is 5.31. The van der Waals surface area contributed by atoms with Crippen LogP contribution in [-0.4, -0.2) is 32.1 Å². The zero-order valence-electron chi connectivity index (χ0n) is 11.4. The quantitative estimate of drug-likeness (QED) is 0.830. The maximum absolute atomic E-state index is 11.8. The molecule has 0 radical (unpaired) electrons. The van der Waals surface area contributed by atoms with Gasteiger partial charge in [-0.3, -0.25) is 4.79 Å². The second-order valence-electron chi connectivity index (χ2n) is 4.32. The lowest BCUT2D eigenvalue weighted by molar-refractivity contribution is -0.112. The molecule has 0 spiro atoms. The van der Waals surface area contributed by atoms with Crippen LogP contribution in [0.3, 0.4) is 0 Å². The molecule has 18 heavy (non-hydrogen) atoms. The van der Waals surface area contributed by atoms with Gasteiger partial charge in [-0.2, -0.15) is 0 Å². The minimum Gasteiger partial charge on any atom is -0.479 e. The van der Waals surface area contributed by atoms with Crippen molar-refractivity contribution in [2.75, 3.05) is 31.4 Å². The zero-order valence-corrected chi connectivity index (χ0v) is 11.4. The molecule has 0 aliphatic carbocycles. The van der Waals surface area contributed by atoms with Crippen LogP contribution in [0.4, 0.5) is 11.4 Å². The number of hydrogen-bond donors (Lipinski definition) is 1. The Morgan fingerprint density at radius 1 is 1.44 bits per heavy atom. The van der Waals surface area contributed by atoms with Gasteiger partial charge in [0, 0.05) is 26.4 Å². The minimum atomic E-state index is -0.190. The first-order valence-corrected chi connectivity index (χ1v) is 5.62. The number of nitrogens with one attached hydrogen (secondary N) is 1. The van der Waals surface area contributed by atoms with Gasteiger partial charge in [-0.15, -0.1) is 0 Å². The number of nitrogens with zero attached hydrogens (tertiary/aromatic N) is 2. The Balaban J connectivity index is 3.12. The first-order valence-electron chi connectivity index (χ1n) is 5.62. The fraction of sp³-hybridized carbons (Fsp3) is 0.385. The lowest BCUT2D eigenvalue weighted by Crippen LogP contribution is -2.16. The van der Waals surface area contributed by atoms with Crippen LogP contribution in [0.1, 0.15) is 13.8 Å². The molecular formula is C13H19N3O2. The van der Waals surface area contributed by atoms with Crippen molar-refractivity contribution in [3.8, 4) is 5.88 Å². The highest BCUT2D eigenvalue weighted by Gasteiger charge is 2.13. The Bertz CT molecular complexity index is 463. The van der Waals surface area contributed by atoms with Gasteiger partial charge in [0.25, 0.3) is 0 Å². The Labute approximate surface area is 107 Å². The molecule has 98 valence electrons. The normalized spacial score (nSPS) is 9.61. The van der Waals surface area contributed by atoms with E-state index in [-0.39, 0.29) is 5.91 Å². The third kappa shape index (κ3) is 3.48. The lowest BCUT2D eigenvalue weighted by Gasteiger charge is -2.18. The standard InChI is InChI=1S/C13H19N3O2/c1-9(2)8-11(17)15-12-10(16(3)4)6-7-14-13(12)18-5/h6-8H,1-5H3,(H,15,17). The number of allylic oxidation sites excluding steroid dienone is 1. The number of aromatic nitrogens is 1. The lowest BCUT2D eigenvalue weighted by atomic mass is 10.2. The summed E-state index contributed by atoms with van der Waals surface area (Å²) in [6.45, 7) is 3.74. The maximum Gasteiger partial charge on any atom is 0.248 e. The Morgan fingerprint density at radius 2 is 2.11 bits per heavy atom. The Hall–Kier alpha value is -2.04. The molecule has 1 aromatic rings. The number of rotatable bonds is 4. The Morgan fingerprint density at radius 3 is 2.61 bits per heavy atom. The molecular weight excluding hydrogens is 230 g/mol. The number of carbonyl (C=O) groups is 1. The molecule has 0 fully saturated rings. The maximum atomic E-state index is 11.8. The molecule has 5 heteroatoms. The molecule has 0 saturated carbocycles. The monoisotopic (exact) mass is 249 g/mol. The van der Waals surface area contributed by atoms with Gasteiger partial charge < -0.3 is 15.0 Å². The van der Waals surface area contributed by atoms with E-state index in [1.165, 1.54) is 13.2 Å². The second kappa shape index (κ2) is 6.05. The molecule has 0 unspecified atom stereocenters. The summed E-state index contributed by atoms with van der Waals surface area (Å²) in [6.07, 6.45) is 3.18. The van der Waals surface area contributed by atoms with E-state index in [0.717, 1.165) is 11.3 Å². The smallest absolute Gasteiger partial charge is 0.248 e. The summed E-state index contributed by atoms with van der Waals surface area (Å²) in [5, 5.41) is 2.80. The van der Waals surface area contributed by atoms with Crippen LogP contribution in [0, 0.1) is 0 Å². The van der Waals surface area contributed by atoms with Crippen molar-refractivity contribution in [1.82, 2.24) is 4.98 Å². The summed E-state index contributed by atoms with van der Waals surface area (Å²) in [4.78, 5) is 17.8. The molecule has 1 rings (SSSR count). The summed E-state index contributed by atoms with van der Waals surface area (Å²) < 4.78 is 5.17. The van der Waals surface area contributed by atoms with Gasteiger partial charge in [0.15, 0.2) is 0 Å². The van der Waals surface area contributed by atoms with Crippen LogP contribution in [0.2, 0.25) is 0 Å². The van der Waals surface area contributed by atoms with Crippen molar-refractivity contribution in [3.05, 3.63) is 23.9 Å². The summed E-state index contributed by atoms with van der Waals surface area (Å²) in [5.41, 5.74) is 2.35. The minimum absolute atomic E-state index is 0.190. The molecule has 5 nitrogen and oxygen atoms in total. The molecule has 1 aromatic heterocycles. The SMILES string of the molecule is COc1nccc(N(C)C)c1NC(=O)C=C(C)C. The van der Waals surface area contributed by atoms with Gasteiger partial charge >= 0.3 is 0 Å². The van der Waals surface area contributed by atoms with Crippen molar-refractivity contribution in [2.45, 2.75) is 13.8 Å². The van der Waals surface area contributed by atoms with Gasteiger partial charge in [0.2, 0.25) is 11.8 Å². The summed E-state index contributed by atoms with van der Waals surface area (Å²) in [6, 6.07) is 1.82. The highest BCUT2D eigenvalue weighted by Crippen LogP contribution is 2.31. The molecule has 1 amide bonds. The molecule has 0 aliphatic rings. The van der Waals surface area contributed by atoms with Gasteiger partial charge in [-0.1, -0.05) is 5.57 Å². The van der Waals surface area contributed by atoms with Crippen LogP contribution < -0.4 is 15.0 Å². The predicted octanol–water partition coefficient (Wildman–Crippen LogP) is 2.06. The van der Waals surface area contributed by atoms with E-state index >= 15 is 0 Å². The van der Waals surface area contributed by atoms with Gasteiger partial charge in [0.05, 0.1) is 12.8 Å². The van der Waals surface area contributed by atoms with E-state index in [4.69, 9.17) is 4.74 Å². The average Bonchev–Trinajstić information content (AvgIpc) is 2.27. The number of amides is 1. The van der Waals surface area contributed by atoms with Crippen LogP contribution in [-0.2, 0) is 4.79 Å². The van der Waals surface area contributed by atoms with Crippen LogP contribution in [0.15, 0.2) is 23.9 Å². The molecule has 1 N–H and O–H groups in total. The first kappa shape index (κ1) is 14.0. The highest BCUT2D eigenvalue weighted by molar-refractivity contribution is 6.02. The number of pyridine rings is 1. The Kier molecular flexibility index (Phi) is 4.71. The van der Waals surface area contributed by atoms with Crippen molar-refractivity contribution in [3.63, 3.8) is 0 Å². The summed E-state index contributed by atoms with van der Waals surface area (Å²) >= 11 is 0. The third-order valence-corrected chi connectivity index (χ3v) is 2.24. The van der Waals surface area contributed by atoms with Crippen molar-refractivity contribution < 1.29 is 9.53 Å². The van der Waals surface area contributed by atoms with Crippen molar-refractivity contribution in [2.24, 2.45) is 0 Å². The number of methoxy groups -OCH3 is 1. The molecule has 0 atom stereocenters. The third-order valence-electron chi connectivity index (χ3n) is 2.24. The van der Waals surface area contributed by atoms with E-state index in [1.807, 2.05) is 38.9 Å². The number of hydrogen-bond acceptors (Lipinski definition) is 4. The first-order chi connectivity index (χ1) is 8.45. The van der Waals surface area contributed by atoms with E-state index in [0.29, 0.717) is 11.6 Å².